The lowest BCUT2D eigenvalue weighted by Crippen LogP contribution is -2.15. The minimum absolute atomic E-state index is 0.643. The third-order valence-electron chi connectivity index (χ3n) is 3.28. The number of hydrogen-bond acceptors (Lipinski definition) is 3. The van der Waals surface area contributed by atoms with E-state index in [9.17, 15) is 0 Å². The lowest BCUT2D eigenvalue weighted by Gasteiger charge is -2.08. The number of ether oxygens (including phenoxy) is 1. The van der Waals surface area contributed by atoms with E-state index >= 15 is 0 Å². The molecule has 1 saturated carbocycles. The van der Waals surface area contributed by atoms with Crippen LogP contribution in [0.15, 0.2) is 42.6 Å². The first kappa shape index (κ1) is 12.2. The molecule has 3 nitrogen and oxygen atoms in total. The summed E-state index contributed by atoms with van der Waals surface area (Å²) < 4.78 is 5.77. The Hall–Kier alpha value is -1.87. The molecule has 0 bridgehead atoms. The van der Waals surface area contributed by atoms with Crippen LogP contribution in [0, 0.1) is 6.92 Å². The molecule has 0 unspecified atom stereocenters. The standard InChI is InChI=1S/C16H18N2O/c1-12-4-2-3-5-15(12)19-16-9-6-13(11-18-16)10-17-14-7-8-14/h2-6,9,11,14,17H,7-8,10H2,1H3. The van der Waals surface area contributed by atoms with Gasteiger partial charge in [-0.25, -0.2) is 4.98 Å². The summed E-state index contributed by atoms with van der Waals surface area (Å²) in [4.78, 5) is 4.35. The summed E-state index contributed by atoms with van der Waals surface area (Å²) in [5, 5.41) is 3.47. The number of hydrogen-bond donors (Lipinski definition) is 1. The van der Waals surface area contributed by atoms with Gasteiger partial charge >= 0.3 is 0 Å². The van der Waals surface area contributed by atoms with Crippen molar-refractivity contribution in [1.29, 1.82) is 0 Å². The van der Waals surface area contributed by atoms with Crippen molar-refractivity contribution in [3.05, 3.63) is 53.7 Å². The quantitative estimate of drug-likeness (QED) is 0.887. The fraction of sp³-hybridized carbons (Fsp3) is 0.312. The Morgan fingerprint density at radius 1 is 1.21 bits per heavy atom. The van der Waals surface area contributed by atoms with Gasteiger partial charge in [0.05, 0.1) is 0 Å². The fourth-order valence-corrected chi connectivity index (χ4v) is 1.91. The van der Waals surface area contributed by atoms with Crippen LogP contribution in [0.5, 0.6) is 11.6 Å². The topological polar surface area (TPSA) is 34.1 Å². The highest BCUT2D eigenvalue weighted by Crippen LogP contribution is 2.23. The number of benzene rings is 1. The third-order valence-corrected chi connectivity index (χ3v) is 3.28. The van der Waals surface area contributed by atoms with Crippen molar-refractivity contribution < 1.29 is 4.74 Å². The van der Waals surface area contributed by atoms with Gasteiger partial charge < -0.3 is 10.1 Å². The molecular weight excluding hydrogens is 236 g/mol. The zero-order valence-electron chi connectivity index (χ0n) is 11.1. The van der Waals surface area contributed by atoms with Crippen molar-refractivity contribution in [2.45, 2.75) is 32.4 Å². The zero-order chi connectivity index (χ0) is 13.1. The average Bonchev–Trinajstić information content (AvgIpc) is 3.25. The second kappa shape index (κ2) is 5.41. The van der Waals surface area contributed by atoms with Crippen LogP contribution in [0.1, 0.15) is 24.0 Å². The largest absolute Gasteiger partial charge is 0.439 e. The maximum absolute atomic E-state index is 5.77. The SMILES string of the molecule is Cc1ccccc1Oc1ccc(CNC2CC2)cn1. The summed E-state index contributed by atoms with van der Waals surface area (Å²) in [7, 11) is 0. The number of nitrogens with one attached hydrogen (secondary N) is 1. The third kappa shape index (κ3) is 3.32. The van der Waals surface area contributed by atoms with E-state index in [-0.39, 0.29) is 0 Å². The van der Waals surface area contributed by atoms with Crippen LogP contribution in [-0.4, -0.2) is 11.0 Å². The van der Waals surface area contributed by atoms with Crippen molar-refractivity contribution in [3.8, 4) is 11.6 Å². The Balaban J connectivity index is 1.63. The van der Waals surface area contributed by atoms with Crippen LogP contribution >= 0.6 is 0 Å². The number of para-hydroxylation sites is 1. The summed E-state index contributed by atoms with van der Waals surface area (Å²) in [5.74, 6) is 1.50. The molecule has 0 radical (unpaired) electrons. The highest BCUT2D eigenvalue weighted by Gasteiger charge is 2.19. The van der Waals surface area contributed by atoms with Crippen molar-refractivity contribution in [1.82, 2.24) is 10.3 Å². The van der Waals surface area contributed by atoms with Gasteiger partial charge in [0, 0.05) is 24.8 Å². The highest BCUT2D eigenvalue weighted by atomic mass is 16.5. The summed E-state index contributed by atoms with van der Waals surface area (Å²) in [6, 6.07) is 12.7. The van der Waals surface area contributed by atoms with Gasteiger partial charge in [-0.3, -0.25) is 0 Å². The molecule has 19 heavy (non-hydrogen) atoms. The van der Waals surface area contributed by atoms with Gasteiger partial charge in [-0.2, -0.15) is 0 Å². The Morgan fingerprint density at radius 3 is 2.74 bits per heavy atom. The number of nitrogens with zero attached hydrogens (tertiary/aromatic N) is 1. The molecular formula is C16H18N2O. The fourth-order valence-electron chi connectivity index (χ4n) is 1.91. The number of aromatic nitrogens is 1. The van der Waals surface area contributed by atoms with Gasteiger partial charge in [0.25, 0.3) is 0 Å². The Kier molecular flexibility index (Phi) is 3.47. The van der Waals surface area contributed by atoms with E-state index in [1.54, 1.807) is 0 Å². The maximum atomic E-state index is 5.77. The summed E-state index contributed by atoms with van der Waals surface area (Å²) in [5.41, 5.74) is 2.31. The van der Waals surface area contributed by atoms with E-state index in [1.165, 1.54) is 18.4 Å². The minimum atomic E-state index is 0.643. The van der Waals surface area contributed by atoms with E-state index in [2.05, 4.69) is 16.4 Å². The van der Waals surface area contributed by atoms with Crippen LogP contribution in [-0.2, 0) is 6.54 Å². The lowest BCUT2D eigenvalue weighted by atomic mass is 10.2. The molecule has 98 valence electrons. The molecule has 3 heteroatoms. The molecule has 0 atom stereocenters. The van der Waals surface area contributed by atoms with Crippen LogP contribution in [0.2, 0.25) is 0 Å². The molecule has 1 aromatic heterocycles. The smallest absolute Gasteiger partial charge is 0.219 e. The number of pyridine rings is 1. The molecule has 1 aliphatic rings. The minimum Gasteiger partial charge on any atom is -0.439 e. The van der Waals surface area contributed by atoms with Crippen molar-refractivity contribution in [2.24, 2.45) is 0 Å². The van der Waals surface area contributed by atoms with Gasteiger partial charge in [-0.1, -0.05) is 24.3 Å². The van der Waals surface area contributed by atoms with Crippen LogP contribution in [0.3, 0.4) is 0 Å². The van der Waals surface area contributed by atoms with E-state index in [0.717, 1.165) is 23.9 Å². The Labute approximate surface area is 113 Å². The Bertz CT molecular complexity index is 547. The van der Waals surface area contributed by atoms with Gasteiger partial charge in [0.15, 0.2) is 0 Å². The number of rotatable bonds is 5. The van der Waals surface area contributed by atoms with Crippen molar-refractivity contribution in [3.63, 3.8) is 0 Å². The monoisotopic (exact) mass is 254 g/mol. The zero-order valence-corrected chi connectivity index (χ0v) is 11.1. The molecule has 1 N–H and O–H groups in total. The second-order valence-corrected chi connectivity index (χ2v) is 5.03. The maximum Gasteiger partial charge on any atom is 0.219 e. The van der Waals surface area contributed by atoms with Crippen molar-refractivity contribution >= 4 is 0 Å². The first-order valence-electron chi connectivity index (χ1n) is 6.73. The van der Waals surface area contributed by atoms with Crippen LogP contribution in [0.4, 0.5) is 0 Å². The lowest BCUT2D eigenvalue weighted by molar-refractivity contribution is 0.459. The normalized spacial score (nSPS) is 14.4. The first-order valence-corrected chi connectivity index (χ1v) is 6.73. The molecule has 0 amide bonds. The first-order chi connectivity index (χ1) is 9.31. The molecule has 1 heterocycles. The van der Waals surface area contributed by atoms with Gasteiger partial charge in [-0.05, 0) is 37.0 Å². The predicted molar refractivity (Wildman–Crippen MR) is 75.4 cm³/mol. The van der Waals surface area contributed by atoms with Gasteiger partial charge in [0.2, 0.25) is 5.88 Å². The van der Waals surface area contributed by atoms with E-state index in [4.69, 9.17) is 4.74 Å². The molecule has 1 aromatic carbocycles. The average molecular weight is 254 g/mol. The van der Waals surface area contributed by atoms with Crippen molar-refractivity contribution in [2.75, 3.05) is 0 Å². The molecule has 3 rings (SSSR count). The van der Waals surface area contributed by atoms with Gasteiger partial charge in [-0.15, -0.1) is 0 Å². The highest BCUT2D eigenvalue weighted by molar-refractivity contribution is 5.35. The predicted octanol–water partition coefficient (Wildman–Crippen LogP) is 3.43. The Morgan fingerprint density at radius 2 is 2.05 bits per heavy atom. The summed E-state index contributed by atoms with van der Waals surface area (Å²) >= 11 is 0. The van der Waals surface area contributed by atoms with E-state index in [0.29, 0.717) is 5.88 Å². The van der Waals surface area contributed by atoms with Gasteiger partial charge in [0.1, 0.15) is 5.75 Å². The molecule has 0 spiro atoms. The van der Waals surface area contributed by atoms with E-state index < -0.39 is 0 Å². The summed E-state index contributed by atoms with van der Waals surface area (Å²) in [6.07, 6.45) is 4.49. The molecule has 1 aliphatic carbocycles. The number of aryl methyl sites for hydroxylation is 1. The van der Waals surface area contributed by atoms with E-state index in [1.807, 2.05) is 43.5 Å². The molecule has 1 fully saturated rings. The van der Waals surface area contributed by atoms with Crippen LogP contribution in [0.25, 0.3) is 0 Å². The second-order valence-electron chi connectivity index (χ2n) is 5.03. The summed E-state index contributed by atoms with van der Waals surface area (Å²) in [6.45, 7) is 2.92. The van der Waals surface area contributed by atoms with Crippen LogP contribution < -0.4 is 10.1 Å². The molecule has 0 aliphatic heterocycles. The molecule has 2 aromatic rings. The molecule has 0 saturated heterocycles.